The van der Waals surface area contributed by atoms with E-state index in [1.54, 1.807) is 24.5 Å². The topological polar surface area (TPSA) is 83.0 Å². The van der Waals surface area contributed by atoms with Gasteiger partial charge in [0.25, 0.3) is 0 Å². The second kappa shape index (κ2) is 7.31. The molecule has 7 nitrogen and oxygen atoms in total. The van der Waals surface area contributed by atoms with Gasteiger partial charge in [-0.2, -0.15) is 0 Å². The van der Waals surface area contributed by atoms with Crippen molar-refractivity contribution in [3.05, 3.63) is 48.2 Å². The molecule has 3 aromatic rings. The zero-order valence-electron chi connectivity index (χ0n) is 13.3. The summed E-state index contributed by atoms with van der Waals surface area (Å²) in [7, 11) is 1.32. The van der Waals surface area contributed by atoms with Crippen LogP contribution >= 0.6 is 11.8 Å². The first-order valence-corrected chi connectivity index (χ1v) is 8.35. The summed E-state index contributed by atoms with van der Waals surface area (Å²) in [6, 6.07) is 7.17. The van der Waals surface area contributed by atoms with Crippen molar-refractivity contribution in [2.75, 3.05) is 7.11 Å². The summed E-state index contributed by atoms with van der Waals surface area (Å²) in [5, 5.41) is 9.33. The van der Waals surface area contributed by atoms with Crippen molar-refractivity contribution < 1.29 is 13.9 Å². The molecule has 0 N–H and O–H groups in total. The molecule has 0 amide bonds. The van der Waals surface area contributed by atoms with Crippen molar-refractivity contribution in [1.82, 2.24) is 19.7 Å². The lowest BCUT2D eigenvalue weighted by molar-refractivity contribution is 0.0563. The van der Waals surface area contributed by atoms with E-state index in [9.17, 15) is 4.79 Å². The number of methoxy groups -OCH3 is 1. The highest BCUT2D eigenvalue weighted by Crippen LogP contribution is 2.26. The van der Waals surface area contributed by atoms with Gasteiger partial charge < -0.3 is 13.7 Å². The van der Waals surface area contributed by atoms with Crippen LogP contribution < -0.4 is 0 Å². The number of rotatable bonds is 6. The van der Waals surface area contributed by atoms with Gasteiger partial charge in [-0.25, -0.2) is 4.79 Å². The van der Waals surface area contributed by atoms with Gasteiger partial charge in [-0.05, 0) is 31.2 Å². The van der Waals surface area contributed by atoms with Gasteiger partial charge in [0, 0.05) is 24.5 Å². The van der Waals surface area contributed by atoms with Crippen LogP contribution in [-0.4, -0.2) is 32.8 Å². The Kier molecular flexibility index (Phi) is 4.95. The summed E-state index contributed by atoms with van der Waals surface area (Å²) in [6.07, 6.45) is 3.46. The lowest BCUT2D eigenvalue weighted by atomic mass is 10.2. The van der Waals surface area contributed by atoms with Gasteiger partial charge in [0.1, 0.15) is 5.76 Å². The first-order valence-electron chi connectivity index (χ1n) is 7.36. The number of esters is 1. The van der Waals surface area contributed by atoms with Gasteiger partial charge in [-0.15, -0.1) is 10.2 Å². The van der Waals surface area contributed by atoms with Crippen molar-refractivity contribution >= 4 is 17.7 Å². The highest BCUT2D eigenvalue weighted by molar-refractivity contribution is 7.98. The Balaban J connectivity index is 1.75. The predicted octanol–water partition coefficient (Wildman–Crippen LogP) is 3.03. The smallest absolute Gasteiger partial charge is 0.373 e. The number of nitrogens with zero attached hydrogens (tertiary/aromatic N) is 4. The van der Waals surface area contributed by atoms with Gasteiger partial charge in [-0.3, -0.25) is 4.98 Å². The van der Waals surface area contributed by atoms with Crippen LogP contribution in [0.1, 0.15) is 23.2 Å². The number of furan rings is 1. The molecule has 0 atom stereocenters. The molecule has 0 aromatic carbocycles. The fourth-order valence-corrected chi connectivity index (χ4v) is 3.09. The Morgan fingerprint density at radius 1 is 1.25 bits per heavy atom. The SMILES string of the molecule is CCn1c(SCc2ccc(C(=O)OC)o2)nnc1-c1ccncc1. The maximum atomic E-state index is 11.4. The van der Waals surface area contributed by atoms with Crippen LogP contribution in [0.3, 0.4) is 0 Å². The van der Waals surface area contributed by atoms with Crippen LogP contribution in [0.15, 0.2) is 46.2 Å². The highest BCUT2D eigenvalue weighted by atomic mass is 32.2. The van der Waals surface area contributed by atoms with Crippen LogP contribution in [0.2, 0.25) is 0 Å². The van der Waals surface area contributed by atoms with E-state index in [1.165, 1.54) is 18.9 Å². The molecule has 3 heterocycles. The molecular weight excluding hydrogens is 328 g/mol. The van der Waals surface area contributed by atoms with Crippen molar-refractivity contribution in [3.8, 4) is 11.4 Å². The van der Waals surface area contributed by atoms with Gasteiger partial charge >= 0.3 is 5.97 Å². The maximum Gasteiger partial charge on any atom is 0.373 e. The number of carbonyl (C=O) groups excluding carboxylic acids is 1. The minimum atomic E-state index is -0.483. The van der Waals surface area contributed by atoms with Crippen LogP contribution in [0.5, 0.6) is 0 Å². The minimum Gasteiger partial charge on any atom is -0.463 e. The molecule has 0 unspecified atom stereocenters. The molecule has 0 aliphatic rings. The van der Waals surface area contributed by atoms with E-state index in [2.05, 4.69) is 19.9 Å². The summed E-state index contributed by atoms with van der Waals surface area (Å²) >= 11 is 1.50. The van der Waals surface area contributed by atoms with Crippen molar-refractivity contribution in [2.24, 2.45) is 0 Å². The number of carbonyl (C=O) groups is 1. The Labute approximate surface area is 143 Å². The third kappa shape index (κ3) is 3.33. The molecule has 24 heavy (non-hydrogen) atoms. The van der Waals surface area contributed by atoms with E-state index in [-0.39, 0.29) is 5.76 Å². The Bertz CT molecular complexity index is 829. The van der Waals surface area contributed by atoms with Crippen LogP contribution in [-0.2, 0) is 17.0 Å². The van der Waals surface area contributed by atoms with Gasteiger partial charge in [-0.1, -0.05) is 11.8 Å². The monoisotopic (exact) mass is 344 g/mol. The number of hydrogen-bond donors (Lipinski definition) is 0. The molecule has 124 valence electrons. The third-order valence-corrected chi connectivity index (χ3v) is 4.35. The number of thioether (sulfide) groups is 1. The van der Waals surface area contributed by atoms with E-state index >= 15 is 0 Å². The predicted molar refractivity (Wildman–Crippen MR) is 88.5 cm³/mol. The normalized spacial score (nSPS) is 10.8. The molecule has 0 bridgehead atoms. The number of ether oxygens (including phenoxy) is 1. The van der Waals surface area contributed by atoms with Crippen molar-refractivity contribution in [3.63, 3.8) is 0 Å². The molecule has 0 spiro atoms. The fraction of sp³-hybridized carbons (Fsp3) is 0.250. The Hall–Kier alpha value is -2.61. The minimum absolute atomic E-state index is 0.197. The van der Waals surface area contributed by atoms with Crippen LogP contribution in [0.25, 0.3) is 11.4 Å². The number of hydrogen-bond acceptors (Lipinski definition) is 7. The zero-order valence-corrected chi connectivity index (χ0v) is 14.1. The first-order chi connectivity index (χ1) is 11.7. The van der Waals surface area contributed by atoms with E-state index in [0.29, 0.717) is 11.5 Å². The number of aromatic nitrogens is 4. The summed E-state index contributed by atoms with van der Waals surface area (Å²) < 4.78 is 12.1. The van der Waals surface area contributed by atoms with E-state index < -0.39 is 5.97 Å². The molecular formula is C16H16N4O3S. The molecule has 0 saturated carbocycles. The average Bonchev–Trinajstić information content (AvgIpc) is 3.26. The van der Waals surface area contributed by atoms with Gasteiger partial charge in [0.15, 0.2) is 11.0 Å². The molecule has 8 heteroatoms. The summed E-state index contributed by atoms with van der Waals surface area (Å²) in [5.74, 6) is 1.74. The second-order valence-electron chi connectivity index (χ2n) is 4.83. The average molecular weight is 344 g/mol. The van der Waals surface area contributed by atoms with Gasteiger partial charge in [0.2, 0.25) is 5.76 Å². The van der Waals surface area contributed by atoms with Crippen LogP contribution in [0.4, 0.5) is 0 Å². The summed E-state index contributed by atoms with van der Waals surface area (Å²) in [6.45, 7) is 2.79. The standard InChI is InChI=1S/C16H16N4O3S/c1-3-20-14(11-6-8-17-9-7-11)18-19-16(20)24-10-12-4-5-13(23-12)15(21)22-2/h4-9H,3,10H2,1-2H3. The maximum absolute atomic E-state index is 11.4. The molecule has 0 fully saturated rings. The molecule has 0 aliphatic heterocycles. The van der Waals surface area contributed by atoms with Crippen LogP contribution in [0, 0.1) is 0 Å². The van der Waals surface area contributed by atoms with E-state index in [1.807, 2.05) is 23.6 Å². The molecule has 0 saturated heterocycles. The van der Waals surface area contributed by atoms with E-state index in [0.717, 1.165) is 23.1 Å². The molecule has 0 aliphatic carbocycles. The Morgan fingerprint density at radius 2 is 2.04 bits per heavy atom. The second-order valence-corrected chi connectivity index (χ2v) is 5.78. The third-order valence-electron chi connectivity index (χ3n) is 3.36. The Morgan fingerprint density at radius 3 is 2.75 bits per heavy atom. The highest BCUT2D eigenvalue weighted by Gasteiger charge is 2.15. The summed E-state index contributed by atoms with van der Waals surface area (Å²) in [4.78, 5) is 15.4. The lowest BCUT2D eigenvalue weighted by Gasteiger charge is -2.06. The van der Waals surface area contributed by atoms with Crippen molar-refractivity contribution in [2.45, 2.75) is 24.4 Å². The van der Waals surface area contributed by atoms with Crippen molar-refractivity contribution in [1.29, 1.82) is 0 Å². The molecule has 3 rings (SSSR count). The lowest BCUT2D eigenvalue weighted by Crippen LogP contribution is -2.00. The first kappa shape index (κ1) is 16.3. The molecule has 3 aromatic heterocycles. The van der Waals surface area contributed by atoms with Gasteiger partial charge in [0.05, 0.1) is 12.9 Å². The number of pyridine rings is 1. The molecule has 0 radical (unpaired) electrons. The summed E-state index contributed by atoms with van der Waals surface area (Å²) in [5.41, 5.74) is 0.970. The zero-order chi connectivity index (χ0) is 16.9. The van der Waals surface area contributed by atoms with E-state index in [4.69, 9.17) is 4.42 Å². The fourth-order valence-electron chi connectivity index (χ4n) is 2.20. The largest absolute Gasteiger partial charge is 0.463 e. The quantitative estimate of drug-likeness (QED) is 0.502.